The summed E-state index contributed by atoms with van der Waals surface area (Å²) in [6, 6.07) is 8.91. The van der Waals surface area contributed by atoms with Crippen molar-refractivity contribution in [1.29, 1.82) is 0 Å². The molecule has 3 rings (SSSR count). The van der Waals surface area contributed by atoms with Gasteiger partial charge in [-0.15, -0.1) is 0 Å². The van der Waals surface area contributed by atoms with Crippen LogP contribution in [0.15, 0.2) is 45.8 Å². The molecule has 0 amide bonds. The number of hydrogen-bond donors (Lipinski definition) is 1. The molecule has 2 aromatic carbocycles. The monoisotopic (exact) mass is 469 g/mol. The number of hydrogen-bond acceptors (Lipinski definition) is 4. The lowest BCUT2D eigenvalue weighted by atomic mass is 10.0. The van der Waals surface area contributed by atoms with Crippen LogP contribution in [0, 0.1) is 12.7 Å². The molecule has 1 aliphatic heterocycles. The molecule has 152 valence electrons. The van der Waals surface area contributed by atoms with E-state index in [2.05, 4.69) is 37.5 Å². The summed E-state index contributed by atoms with van der Waals surface area (Å²) in [5.41, 5.74) is 2.35. The van der Waals surface area contributed by atoms with Crippen molar-refractivity contribution in [3.8, 4) is 0 Å². The van der Waals surface area contributed by atoms with Gasteiger partial charge in [-0.1, -0.05) is 15.9 Å². The molecule has 8 heteroatoms. The molecule has 1 unspecified atom stereocenters. The van der Waals surface area contributed by atoms with E-state index in [0.717, 1.165) is 41.9 Å². The Labute approximate surface area is 174 Å². The third-order valence-electron chi connectivity index (χ3n) is 5.07. The summed E-state index contributed by atoms with van der Waals surface area (Å²) in [4.78, 5) is 4.61. The molecule has 1 fully saturated rings. The van der Waals surface area contributed by atoms with Crippen molar-refractivity contribution >= 4 is 31.6 Å². The molecule has 0 bridgehead atoms. The van der Waals surface area contributed by atoms with Gasteiger partial charge in [-0.3, -0.25) is 0 Å². The Bertz CT molecular complexity index is 960. The van der Waals surface area contributed by atoms with Gasteiger partial charge in [0.1, 0.15) is 5.82 Å². The number of nitrogens with one attached hydrogen (secondary N) is 1. The Kier molecular flexibility index (Phi) is 6.44. The first-order valence-electron chi connectivity index (χ1n) is 9.19. The topological polar surface area (TPSA) is 52.7 Å². The highest BCUT2D eigenvalue weighted by Gasteiger charge is 2.24. The van der Waals surface area contributed by atoms with Crippen LogP contribution >= 0.6 is 15.9 Å². The van der Waals surface area contributed by atoms with E-state index < -0.39 is 16.1 Å². The predicted octanol–water partition coefficient (Wildman–Crippen LogP) is 3.69. The predicted molar refractivity (Wildman–Crippen MR) is 114 cm³/mol. The molecule has 1 heterocycles. The van der Waals surface area contributed by atoms with Crippen LogP contribution in [0.25, 0.3) is 0 Å². The van der Waals surface area contributed by atoms with Crippen molar-refractivity contribution in [2.45, 2.75) is 24.8 Å². The van der Waals surface area contributed by atoms with Gasteiger partial charge >= 0.3 is 0 Å². The van der Waals surface area contributed by atoms with Crippen molar-refractivity contribution in [3.05, 3.63) is 57.8 Å². The van der Waals surface area contributed by atoms with Crippen LogP contribution in [-0.2, 0) is 10.0 Å². The zero-order valence-corrected chi connectivity index (χ0v) is 18.6. The lowest BCUT2D eigenvalue weighted by Gasteiger charge is -2.36. The number of benzene rings is 2. The van der Waals surface area contributed by atoms with Crippen molar-refractivity contribution in [1.82, 2.24) is 9.62 Å². The Morgan fingerprint density at radius 1 is 1.11 bits per heavy atom. The summed E-state index contributed by atoms with van der Waals surface area (Å²) >= 11 is 3.38. The van der Waals surface area contributed by atoms with Crippen molar-refractivity contribution in [2.75, 3.05) is 38.1 Å². The van der Waals surface area contributed by atoms with Crippen molar-refractivity contribution in [3.63, 3.8) is 0 Å². The Hall–Kier alpha value is -1.48. The SMILES string of the molecule is Cc1cc(S(=O)(=O)NC(C)c2cc(F)ccc2N2CCN(C)CC2)ccc1Br. The Morgan fingerprint density at radius 3 is 2.43 bits per heavy atom. The average Bonchev–Trinajstić information content (AvgIpc) is 2.64. The van der Waals surface area contributed by atoms with Gasteiger partial charge in [0.25, 0.3) is 0 Å². The number of anilines is 1. The highest BCUT2D eigenvalue weighted by Crippen LogP contribution is 2.30. The van der Waals surface area contributed by atoms with Crippen molar-refractivity contribution in [2.24, 2.45) is 0 Å². The van der Waals surface area contributed by atoms with Gasteiger partial charge in [-0.05, 0) is 68.4 Å². The molecule has 1 N–H and O–H groups in total. The zero-order chi connectivity index (χ0) is 20.5. The van der Waals surface area contributed by atoms with E-state index in [-0.39, 0.29) is 10.7 Å². The van der Waals surface area contributed by atoms with Crippen LogP contribution in [0.5, 0.6) is 0 Å². The van der Waals surface area contributed by atoms with Crippen LogP contribution < -0.4 is 9.62 Å². The largest absolute Gasteiger partial charge is 0.369 e. The third kappa shape index (κ3) is 4.74. The summed E-state index contributed by atoms with van der Waals surface area (Å²) in [5.74, 6) is -0.376. The lowest BCUT2D eigenvalue weighted by molar-refractivity contribution is 0.312. The molecule has 0 saturated carbocycles. The minimum Gasteiger partial charge on any atom is -0.369 e. The normalized spacial score (nSPS) is 17.0. The minimum atomic E-state index is -3.74. The van der Waals surface area contributed by atoms with E-state index in [1.807, 2.05) is 6.92 Å². The quantitative estimate of drug-likeness (QED) is 0.725. The number of rotatable bonds is 5. The smallest absolute Gasteiger partial charge is 0.241 e. The molecule has 1 atom stereocenters. The van der Waals surface area contributed by atoms with E-state index >= 15 is 0 Å². The zero-order valence-electron chi connectivity index (χ0n) is 16.2. The fraction of sp³-hybridized carbons (Fsp3) is 0.400. The molecule has 5 nitrogen and oxygen atoms in total. The van der Waals surface area contributed by atoms with Gasteiger partial charge < -0.3 is 9.80 Å². The third-order valence-corrected chi connectivity index (χ3v) is 7.50. The van der Waals surface area contributed by atoms with Gasteiger partial charge in [0.2, 0.25) is 10.0 Å². The molecule has 0 aromatic heterocycles. The molecule has 0 aliphatic carbocycles. The lowest BCUT2D eigenvalue weighted by Crippen LogP contribution is -2.45. The number of piperazine rings is 1. The van der Waals surface area contributed by atoms with E-state index in [0.29, 0.717) is 5.56 Å². The average molecular weight is 470 g/mol. The molecule has 1 saturated heterocycles. The summed E-state index contributed by atoms with van der Waals surface area (Å²) < 4.78 is 43.2. The van der Waals surface area contributed by atoms with E-state index in [4.69, 9.17) is 0 Å². The van der Waals surface area contributed by atoms with Crippen LogP contribution in [-0.4, -0.2) is 46.5 Å². The van der Waals surface area contributed by atoms with Crippen LogP contribution in [0.1, 0.15) is 24.1 Å². The Balaban J connectivity index is 1.88. The molecule has 0 spiro atoms. The van der Waals surface area contributed by atoms with E-state index in [1.165, 1.54) is 12.1 Å². The summed E-state index contributed by atoms with van der Waals surface area (Å²) in [7, 11) is -1.67. The summed E-state index contributed by atoms with van der Waals surface area (Å²) in [6.07, 6.45) is 0. The second kappa shape index (κ2) is 8.49. The number of sulfonamides is 1. The van der Waals surface area contributed by atoms with Crippen LogP contribution in [0.2, 0.25) is 0 Å². The molecule has 1 aliphatic rings. The minimum absolute atomic E-state index is 0.192. The number of aryl methyl sites for hydroxylation is 1. The molecule has 28 heavy (non-hydrogen) atoms. The van der Waals surface area contributed by atoms with Gasteiger partial charge in [-0.25, -0.2) is 17.5 Å². The fourth-order valence-corrected chi connectivity index (χ4v) is 4.91. The van der Waals surface area contributed by atoms with Gasteiger partial charge in [0.05, 0.1) is 4.90 Å². The molecular formula is C20H25BrFN3O2S. The first-order valence-corrected chi connectivity index (χ1v) is 11.5. The number of likely N-dealkylation sites (N-methyl/N-ethyl adjacent to an activating group) is 1. The van der Waals surface area contributed by atoms with E-state index in [9.17, 15) is 12.8 Å². The van der Waals surface area contributed by atoms with Crippen LogP contribution in [0.4, 0.5) is 10.1 Å². The summed E-state index contributed by atoms with van der Waals surface area (Å²) in [5, 5.41) is 0. The van der Waals surface area contributed by atoms with Gasteiger partial charge in [0.15, 0.2) is 0 Å². The molecule has 2 aromatic rings. The number of nitrogens with zero attached hydrogens (tertiary/aromatic N) is 2. The maximum atomic E-state index is 14.0. The Morgan fingerprint density at radius 2 is 1.79 bits per heavy atom. The molecule has 0 radical (unpaired) electrons. The van der Waals surface area contributed by atoms with Gasteiger partial charge in [0, 0.05) is 42.4 Å². The van der Waals surface area contributed by atoms with E-state index in [1.54, 1.807) is 31.2 Å². The first kappa shape index (κ1) is 21.2. The fourth-order valence-electron chi connectivity index (χ4n) is 3.36. The van der Waals surface area contributed by atoms with Gasteiger partial charge in [-0.2, -0.15) is 0 Å². The second-order valence-corrected chi connectivity index (χ2v) is 9.82. The maximum Gasteiger partial charge on any atom is 0.241 e. The molecular weight excluding hydrogens is 445 g/mol. The van der Waals surface area contributed by atoms with Crippen LogP contribution in [0.3, 0.4) is 0 Å². The highest BCUT2D eigenvalue weighted by molar-refractivity contribution is 9.10. The standard InChI is InChI=1S/C20H25BrFN3O2S/c1-14-12-17(5-6-19(14)21)28(26,27)23-15(2)18-13-16(22)4-7-20(18)25-10-8-24(3)9-11-25/h4-7,12-13,15,23H,8-11H2,1-3H3. The summed E-state index contributed by atoms with van der Waals surface area (Å²) in [6.45, 7) is 7.05. The highest BCUT2D eigenvalue weighted by atomic mass is 79.9. The second-order valence-electron chi connectivity index (χ2n) is 7.25. The maximum absolute atomic E-state index is 14.0. The van der Waals surface area contributed by atoms with Crippen molar-refractivity contribution < 1.29 is 12.8 Å². The first-order chi connectivity index (χ1) is 13.2. The number of halogens is 2.